The number of pyridine rings is 1. The minimum absolute atomic E-state index is 0.330. The van der Waals surface area contributed by atoms with Gasteiger partial charge in [0, 0.05) is 25.0 Å². The zero-order valence-electron chi connectivity index (χ0n) is 10.4. The van der Waals surface area contributed by atoms with Gasteiger partial charge < -0.3 is 11.1 Å². The van der Waals surface area contributed by atoms with E-state index in [1.165, 1.54) is 16.9 Å². The Morgan fingerprint density at radius 3 is 2.74 bits per heavy atom. The maximum Gasteiger partial charge on any atom is 0.416 e. The highest BCUT2D eigenvalue weighted by atomic mass is 19.4. The van der Waals surface area contributed by atoms with E-state index in [0.29, 0.717) is 22.5 Å². The van der Waals surface area contributed by atoms with E-state index >= 15 is 0 Å². The fourth-order valence-corrected chi connectivity index (χ4v) is 1.92. The second-order valence-corrected chi connectivity index (χ2v) is 4.09. The van der Waals surface area contributed by atoms with Crippen molar-refractivity contribution in [3.8, 4) is 0 Å². The van der Waals surface area contributed by atoms with Gasteiger partial charge in [0.15, 0.2) is 0 Å². The molecule has 2 heterocycles. The predicted octanol–water partition coefficient (Wildman–Crippen LogP) is 2.14. The number of nitrogens with zero attached hydrogens (tertiary/aromatic N) is 2. The van der Waals surface area contributed by atoms with Crippen molar-refractivity contribution in [2.45, 2.75) is 13.1 Å². The molecule has 0 atom stereocenters. The third kappa shape index (κ3) is 2.35. The van der Waals surface area contributed by atoms with Gasteiger partial charge in [0.05, 0.1) is 22.5 Å². The minimum atomic E-state index is -4.39. The van der Waals surface area contributed by atoms with Gasteiger partial charge in [-0.15, -0.1) is 0 Å². The van der Waals surface area contributed by atoms with Crippen molar-refractivity contribution >= 4 is 11.2 Å². The number of halogens is 3. The topological polar surface area (TPSA) is 55.3 Å². The monoisotopic (exact) mass is 270 g/mol. The van der Waals surface area contributed by atoms with Crippen LogP contribution in [-0.2, 0) is 6.18 Å². The zero-order chi connectivity index (χ0) is 14.2. The van der Waals surface area contributed by atoms with Gasteiger partial charge in [-0.25, -0.2) is 4.52 Å². The van der Waals surface area contributed by atoms with Crippen molar-refractivity contribution in [3.05, 3.63) is 41.4 Å². The summed E-state index contributed by atoms with van der Waals surface area (Å²) in [6, 6.07) is 2.03. The van der Waals surface area contributed by atoms with Crippen LogP contribution in [0.5, 0.6) is 0 Å². The van der Waals surface area contributed by atoms with E-state index in [-0.39, 0.29) is 0 Å². The quantitative estimate of drug-likeness (QED) is 0.879. The summed E-state index contributed by atoms with van der Waals surface area (Å²) in [6.45, 7) is 1.70. The van der Waals surface area contributed by atoms with Crippen LogP contribution >= 0.6 is 0 Å². The van der Waals surface area contributed by atoms with Crippen molar-refractivity contribution < 1.29 is 13.2 Å². The summed E-state index contributed by atoms with van der Waals surface area (Å²) in [7, 11) is 1.66. The number of aromatic nitrogens is 2. The van der Waals surface area contributed by atoms with Crippen LogP contribution < -0.4 is 11.1 Å². The number of nitrogens with two attached hydrogens (primary N) is 1. The second-order valence-electron chi connectivity index (χ2n) is 4.09. The summed E-state index contributed by atoms with van der Waals surface area (Å²) in [5.74, 6) is 0. The predicted molar refractivity (Wildman–Crippen MR) is 66.2 cm³/mol. The SMILES string of the molecule is CN/C=C(\N)c1c(C)nn2ccc(C(F)(F)F)cc12. The van der Waals surface area contributed by atoms with Crippen LogP contribution in [-0.4, -0.2) is 16.7 Å². The summed E-state index contributed by atoms with van der Waals surface area (Å²) in [5, 5.41) is 6.89. The molecule has 2 rings (SSSR count). The molecule has 0 unspecified atom stereocenters. The first-order valence-corrected chi connectivity index (χ1v) is 5.54. The molecule has 0 amide bonds. The number of hydrogen-bond acceptors (Lipinski definition) is 3. The number of fused-ring (bicyclic) bond motifs is 1. The Morgan fingerprint density at radius 2 is 2.16 bits per heavy atom. The van der Waals surface area contributed by atoms with E-state index in [2.05, 4.69) is 10.4 Å². The Balaban J connectivity index is 2.70. The van der Waals surface area contributed by atoms with Crippen molar-refractivity contribution in [1.82, 2.24) is 14.9 Å². The summed E-state index contributed by atoms with van der Waals surface area (Å²) in [6.07, 6.45) is -1.59. The molecule has 4 nitrogen and oxygen atoms in total. The molecular formula is C12H13F3N4. The number of nitrogens with one attached hydrogen (secondary N) is 1. The molecule has 102 valence electrons. The van der Waals surface area contributed by atoms with Crippen molar-refractivity contribution in [2.24, 2.45) is 5.73 Å². The molecule has 0 spiro atoms. The van der Waals surface area contributed by atoms with Gasteiger partial charge in [-0.05, 0) is 19.1 Å². The zero-order valence-corrected chi connectivity index (χ0v) is 10.4. The van der Waals surface area contributed by atoms with E-state index in [1.54, 1.807) is 14.0 Å². The highest BCUT2D eigenvalue weighted by Gasteiger charge is 2.31. The van der Waals surface area contributed by atoms with Crippen LogP contribution in [0.4, 0.5) is 13.2 Å². The number of aryl methyl sites for hydroxylation is 1. The standard InChI is InChI=1S/C12H13F3N4/c1-7-11(9(16)6-17-2)10-5-8(12(13,14)15)3-4-19(10)18-7/h3-6,17H,16H2,1-2H3/b9-6-. The van der Waals surface area contributed by atoms with E-state index in [1.807, 2.05) is 0 Å². The molecule has 0 aliphatic heterocycles. The van der Waals surface area contributed by atoms with E-state index in [4.69, 9.17) is 5.73 Å². The molecule has 0 aliphatic carbocycles. The van der Waals surface area contributed by atoms with Gasteiger partial charge in [-0.1, -0.05) is 0 Å². The molecule has 0 aromatic carbocycles. The van der Waals surface area contributed by atoms with E-state index in [9.17, 15) is 13.2 Å². The summed E-state index contributed by atoms with van der Waals surface area (Å²) < 4.78 is 39.5. The lowest BCUT2D eigenvalue weighted by atomic mass is 10.1. The molecule has 19 heavy (non-hydrogen) atoms. The van der Waals surface area contributed by atoms with Crippen molar-refractivity contribution in [1.29, 1.82) is 0 Å². The van der Waals surface area contributed by atoms with E-state index in [0.717, 1.165) is 12.1 Å². The highest BCUT2D eigenvalue weighted by molar-refractivity contribution is 5.78. The van der Waals surface area contributed by atoms with Crippen LogP contribution in [0.3, 0.4) is 0 Å². The Morgan fingerprint density at radius 1 is 1.47 bits per heavy atom. The number of rotatable bonds is 2. The molecule has 0 radical (unpaired) electrons. The Labute approximate surface area is 107 Å². The van der Waals surface area contributed by atoms with Gasteiger partial charge >= 0.3 is 6.18 Å². The Hall–Kier alpha value is -2.18. The number of hydrogen-bond donors (Lipinski definition) is 2. The first-order chi connectivity index (χ1) is 8.84. The molecule has 0 fully saturated rings. The Bertz CT molecular complexity index is 640. The van der Waals surface area contributed by atoms with Gasteiger partial charge in [0.1, 0.15) is 0 Å². The van der Waals surface area contributed by atoms with Crippen molar-refractivity contribution in [3.63, 3.8) is 0 Å². The van der Waals surface area contributed by atoms with Crippen LogP contribution in [0, 0.1) is 6.92 Å². The van der Waals surface area contributed by atoms with Crippen LogP contribution in [0.2, 0.25) is 0 Å². The molecule has 0 bridgehead atoms. The third-order valence-electron chi connectivity index (χ3n) is 2.73. The van der Waals surface area contributed by atoms with Crippen LogP contribution in [0.15, 0.2) is 24.5 Å². The highest BCUT2D eigenvalue weighted by Crippen LogP contribution is 2.31. The molecule has 2 aromatic rings. The molecule has 0 saturated heterocycles. The molecule has 2 aromatic heterocycles. The average Bonchev–Trinajstić information content (AvgIpc) is 2.62. The first kappa shape index (κ1) is 13.3. The van der Waals surface area contributed by atoms with Gasteiger partial charge in [0.25, 0.3) is 0 Å². The smallest absolute Gasteiger partial charge is 0.397 e. The molecular weight excluding hydrogens is 257 g/mol. The summed E-state index contributed by atoms with van der Waals surface area (Å²) in [4.78, 5) is 0. The lowest BCUT2D eigenvalue weighted by Crippen LogP contribution is -2.07. The molecule has 0 aliphatic rings. The van der Waals surface area contributed by atoms with E-state index < -0.39 is 11.7 Å². The summed E-state index contributed by atoms with van der Waals surface area (Å²) in [5.41, 5.74) is 6.86. The minimum Gasteiger partial charge on any atom is -0.397 e. The third-order valence-corrected chi connectivity index (χ3v) is 2.73. The van der Waals surface area contributed by atoms with Crippen LogP contribution in [0.1, 0.15) is 16.8 Å². The average molecular weight is 270 g/mol. The van der Waals surface area contributed by atoms with Gasteiger partial charge in [-0.2, -0.15) is 18.3 Å². The molecule has 3 N–H and O–H groups in total. The lowest BCUT2D eigenvalue weighted by Gasteiger charge is -2.07. The first-order valence-electron chi connectivity index (χ1n) is 5.54. The normalized spacial score (nSPS) is 13.0. The fourth-order valence-electron chi connectivity index (χ4n) is 1.92. The summed E-state index contributed by atoms with van der Waals surface area (Å²) >= 11 is 0. The number of alkyl halides is 3. The Kier molecular flexibility index (Phi) is 3.13. The van der Waals surface area contributed by atoms with Crippen molar-refractivity contribution in [2.75, 3.05) is 7.05 Å². The lowest BCUT2D eigenvalue weighted by molar-refractivity contribution is -0.137. The fraction of sp³-hybridized carbons (Fsp3) is 0.250. The second kappa shape index (κ2) is 4.49. The maximum atomic E-state index is 12.7. The van der Waals surface area contributed by atoms with Gasteiger partial charge in [0.2, 0.25) is 0 Å². The molecule has 7 heteroatoms. The van der Waals surface area contributed by atoms with Crippen LogP contribution in [0.25, 0.3) is 11.2 Å². The van der Waals surface area contributed by atoms with Gasteiger partial charge in [-0.3, -0.25) is 0 Å². The maximum absolute atomic E-state index is 12.7. The molecule has 0 saturated carbocycles. The largest absolute Gasteiger partial charge is 0.416 e.